The fraction of sp³-hybridized carbons (Fsp3) is 0.182. The highest BCUT2D eigenvalue weighted by atomic mass is 16.3. The van der Waals surface area contributed by atoms with Gasteiger partial charge in [-0.1, -0.05) is 6.07 Å². The summed E-state index contributed by atoms with van der Waals surface area (Å²) in [7, 11) is 0. The van der Waals surface area contributed by atoms with Crippen LogP contribution in [0.25, 0.3) is 0 Å². The zero-order valence-corrected chi connectivity index (χ0v) is 7.80. The van der Waals surface area contributed by atoms with Gasteiger partial charge in [0.25, 0.3) is 0 Å². The Morgan fingerprint density at radius 3 is 2.86 bits per heavy atom. The average Bonchev–Trinajstić information content (AvgIpc) is 2.67. The van der Waals surface area contributed by atoms with Gasteiger partial charge in [0.1, 0.15) is 0 Å². The largest absolute Gasteiger partial charge is 0.392 e. The van der Waals surface area contributed by atoms with Crippen molar-refractivity contribution in [3.8, 4) is 0 Å². The molecule has 0 atom stereocenters. The van der Waals surface area contributed by atoms with Crippen LogP contribution in [0.3, 0.4) is 0 Å². The number of aliphatic hydroxyl groups excluding tert-OH is 1. The summed E-state index contributed by atoms with van der Waals surface area (Å²) in [6.45, 7) is 0.843. The van der Waals surface area contributed by atoms with Crippen LogP contribution in [0.2, 0.25) is 0 Å². The first-order valence-corrected chi connectivity index (χ1v) is 4.54. The minimum absolute atomic E-state index is 0.0925. The van der Waals surface area contributed by atoms with Gasteiger partial charge < -0.3 is 9.67 Å². The van der Waals surface area contributed by atoms with Crippen LogP contribution in [-0.2, 0) is 13.2 Å². The molecule has 2 aromatic rings. The van der Waals surface area contributed by atoms with Gasteiger partial charge in [0.05, 0.1) is 18.8 Å². The van der Waals surface area contributed by atoms with Gasteiger partial charge in [0, 0.05) is 18.6 Å². The minimum atomic E-state index is 0.0925. The summed E-state index contributed by atoms with van der Waals surface area (Å²) in [4.78, 5) is 4.23. The Morgan fingerprint density at radius 1 is 1.29 bits per heavy atom. The van der Waals surface area contributed by atoms with Crippen molar-refractivity contribution >= 4 is 0 Å². The molecule has 0 aliphatic carbocycles. The maximum atomic E-state index is 8.89. The first-order valence-electron chi connectivity index (χ1n) is 4.54. The fourth-order valence-corrected chi connectivity index (χ4v) is 1.36. The highest BCUT2D eigenvalue weighted by Gasteiger charge is 1.96. The van der Waals surface area contributed by atoms with Gasteiger partial charge >= 0.3 is 0 Å². The topological polar surface area (TPSA) is 38.0 Å². The van der Waals surface area contributed by atoms with Crippen molar-refractivity contribution in [1.29, 1.82) is 0 Å². The van der Waals surface area contributed by atoms with E-state index in [-0.39, 0.29) is 6.61 Å². The van der Waals surface area contributed by atoms with Gasteiger partial charge in [0.2, 0.25) is 0 Å². The van der Waals surface area contributed by atoms with Gasteiger partial charge in [-0.3, -0.25) is 4.98 Å². The van der Waals surface area contributed by atoms with E-state index in [9.17, 15) is 0 Å². The lowest BCUT2D eigenvalue weighted by Crippen LogP contribution is -1.98. The van der Waals surface area contributed by atoms with Crippen molar-refractivity contribution in [3.63, 3.8) is 0 Å². The smallest absolute Gasteiger partial charge is 0.0696 e. The Labute approximate surface area is 82.7 Å². The van der Waals surface area contributed by atoms with E-state index in [1.807, 2.05) is 41.2 Å². The maximum Gasteiger partial charge on any atom is 0.0696 e. The molecule has 0 amide bonds. The molecule has 0 aliphatic rings. The van der Waals surface area contributed by atoms with Gasteiger partial charge in [0.15, 0.2) is 0 Å². The van der Waals surface area contributed by atoms with Gasteiger partial charge in [-0.05, 0) is 23.8 Å². The molecule has 2 heterocycles. The van der Waals surface area contributed by atoms with Crippen LogP contribution in [0.4, 0.5) is 0 Å². The molecular weight excluding hydrogens is 176 g/mol. The first-order chi connectivity index (χ1) is 6.88. The van der Waals surface area contributed by atoms with Crippen LogP contribution in [0.5, 0.6) is 0 Å². The molecule has 3 heteroatoms. The molecule has 2 rings (SSSR count). The standard InChI is InChI=1S/C11H12N2O/c14-9-10-4-6-13(7-10)8-11-3-1-2-5-12-11/h1-7,14H,8-9H2. The quantitative estimate of drug-likeness (QED) is 0.791. The Kier molecular flexibility index (Phi) is 2.60. The monoisotopic (exact) mass is 188 g/mol. The Morgan fingerprint density at radius 2 is 2.21 bits per heavy atom. The lowest BCUT2D eigenvalue weighted by molar-refractivity contribution is 0.282. The molecule has 14 heavy (non-hydrogen) atoms. The van der Waals surface area contributed by atoms with E-state index in [4.69, 9.17) is 5.11 Å². The summed E-state index contributed by atoms with van der Waals surface area (Å²) in [6.07, 6.45) is 5.65. The third kappa shape index (κ3) is 2.00. The molecular formula is C11H12N2O. The van der Waals surface area contributed by atoms with E-state index in [0.717, 1.165) is 17.8 Å². The van der Waals surface area contributed by atoms with E-state index in [2.05, 4.69) is 4.98 Å². The minimum Gasteiger partial charge on any atom is -0.392 e. The zero-order valence-electron chi connectivity index (χ0n) is 7.80. The normalized spacial score (nSPS) is 10.4. The molecule has 1 N–H and O–H groups in total. The predicted molar refractivity (Wildman–Crippen MR) is 53.7 cm³/mol. The lowest BCUT2D eigenvalue weighted by atomic mass is 10.3. The van der Waals surface area contributed by atoms with E-state index >= 15 is 0 Å². The van der Waals surface area contributed by atoms with Crippen LogP contribution in [-0.4, -0.2) is 14.7 Å². The van der Waals surface area contributed by atoms with E-state index in [0.29, 0.717) is 0 Å². The van der Waals surface area contributed by atoms with Gasteiger partial charge in [-0.2, -0.15) is 0 Å². The van der Waals surface area contributed by atoms with Crippen molar-refractivity contribution in [2.24, 2.45) is 0 Å². The summed E-state index contributed by atoms with van der Waals surface area (Å²) >= 11 is 0. The molecule has 0 spiro atoms. The second-order valence-corrected chi connectivity index (χ2v) is 3.17. The Balaban J connectivity index is 2.11. The molecule has 72 valence electrons. The molecule has 0 saturated heterocycles. The maximum absolute atomic E-state index is 8.89. The second-order valence-electron chi connectivity index (χ2n) is 3.17. The van der Waals surface area contributed by atoms with Crippen molar-refractivity contribution < 1.29 is 5.11 Å². The third-order valence-electron chi connectivity index (χ3n) is 2.07. The van der Waals surface area contributed by atoms with Crippen molar-refractivity contribution in [2.75, 3.05) is 0 Å². The van der Waals surface area contributed by atoms with E-state index in [1.54, 1.807) is 6.20 Å². The zero-order chi connectivity index (χ0) is 9.80. The second kappa shape index (κ2) is 4.07. The Hall–Kier alpha value is -1.61. The molecule has 0 fully saturated rings. The van der Waals surface area contributed by atoms with Crippen molar-refractivity contribution in [2.45, 2.75) is 13.2 Å². The fourth-order valence-electron chi connectivity index (χ4n) is 1.36. The van der Waals surface area contributed by atoms with E-state index < -0.39 is 0 Å². The number of aromatic nitrogens is 2. The number of hydrogen-bond donors (Lipinski definition) is 1. The average molecular weight is 188 g/mol. The highest BCUT2D eigenvalue weighted by Crippen LogP contribution is 2.03. The molecule has 0 radical (unpaired) electrons. The number of hydrogen-bond acceptors (Lipinski definition) is 2. The lowest BCUT2D eigenvalue weighted by Gasteiger charge is -2.00. The molecule has 2 aromatic heterocycles. The van der Waals surface area contributed by atoms with E-state index in [1.165, 1.54) is 0 Å². The number of nitrogens with zero attached hydrogens (tertiary/aromatic N) is 2. The van der Waals surface area contributed by atoms with Crippen LogP contribution in [0.1, 0.15) is 11.3 Å². The molecule has 0 unspecified atom stereocenters. The van der Waals surface area contributed by atoms with Gasteiger partial charge in [-0.15, -0.1) is 0 Å². The molecule has 3 nitrogen and oxygen atoms in total. The number of aliphatic hydroxyl groups is 1. The molecule has 0 aliphatic heterocycles. The summed E-state index contributed by atoms with van der Waals surface area (Å²) in [5.41, 5.74) is 1.95. The van der Waals surface area contributed by atoms with Crippen LogP contribution < -0.4 is 0 Å². The number of rotatable bonds is 3. The molecule has 0 saturated carbocycles. The molecule has 0 bridgehead atoms. The summed E-state index contributed by atoms with van der Waals surface area (Å²) in [6, 6.07) is 7.76. The van der Waals surface area contributed by atoms with Crippen LogP contribution in [0, 0.1) is 0 Å². The van der Waals surface area contributed by atoms with Crippen LogP contribution in [0.15, 0.2) is 42.9 Å². The Bertz CT molecular complexity index is 395. The van der Waals surface area contributed by atoms with Crippen molar-refractivity contribution in [1.82, 2.24) is 9.55 Å². The van der Waals surface area contributed by atoms with Gasteiger partial charge in [-0.25, -0.2) is 0 Å². The highest BCUT2D eigenvalue weighted by molar-refractivity contribution is 5.11. The predicted octanol–water partition coefficient (Wildman–Crippen LogP) is 1.42. The SMILES string of the molecule is OCc1ccn(Cc2ccccn2)c1. The summed E-state index contributed by atoms with van der Waals surface area (Å²) < 4.78 is 2.01. The number of pyridine rings is 1. The summed E-state index contributed by atoms with van der Waals surface area (Å²) in [5.74, 6) is 0. The van der Waals surface area contributed by atoms with Crippen LogP contribution >= 0.6 is 0 Å². The molecule has 0 aromatic carbocycles. The van der Waals surface area contributed by atoms with Crippen molar-refractivity contribution in [3.05, 3.63) is 54.1 Å². The first kappa shape index (κ1) is 8.97. The third-order valence-corrected chi connectivity index (χ3v) is 2.07. The summed E-state index contributed by atoms with van der Waals surface area (Å²) in [5, 5.41) is 8.89.